The number of nitrogens with one attached hydrogen (secondary N) is 1. The lowest BCUT2D eigenvalue weighted by Crippen LogP contribution is -2.19. The molecule has 1 nitrogen and oxygen atoms in total. The lowest BCUT2D eigenvalue weighted by molar-refractivity contribution is 0.482. The Morgan fingerprint density at radius 3 is 2.40 bits per heavy atom. The molecule has 20 heavy (non-hydrogen) atoms. The Balaban J connectivity index is 2.09. The summed E-state index contributed by atoms with van der Waals surface area (Å²) < 4.78 is 40.4. The largest absolute Gasteiger partial charge is 0.306 e. The molecule has 106 valence electrons. The average molecular weight is 344 g/mol. The predicted octanol–water partition coefficient (Wildman–Crippen LogP) is 4.72. The van der Waals surface area contributed by atoms with E-state index in [1.165, 1.54) is 0 Å². The lowest BCUT2D eigenvalue weighted by Gasteiger charge is -2.16. The van der Waals surface area contributed by atoms with E-state index in [0.717, 1.165) is 16.1 Å². The fourth-order valence-electron chi connectivity index (χ4n) is 1.90. The van der Waals surface area contributed by atoms with E-state index in [2.05, 4.69) is 21.2 Å². The van der Waals surface area contributed by atoms with Crippen molar-refractivity contribution in [3.8, 4) is 0 Å². The zero-order valence-electron chi connectivity index (χ0n) is 10.8. The molecule has 0 saturated carbocycles. The van der Waals surface area contributed by atoms with Crippen LogP contribution in [-0.2, 0) is 6.54 Å². The second kappa shape index (κ2) is 6.41. The molecule has 0 aromatic heterocycles. The van der Waals surface area contributed by atoms with Gasteiger partial charge in [0.15, 0.2) is 11.6 Å². The summed E-state index contributed by atoms with van der Waals surface area (Å²) in [5.41, 5.74) is 1.11. The first-order valence-corrected chi connectivity index (χ1v) is 6.89. The molecule has 0 fully saturated rings. The van der Waals surface area contributed by atoms with Crippen molar-refractivity contribution in [1.29, 1.82) is 0 Å². The first-order chi connectivity index (χ1) is 9.49. The van der Waals surface area contributed by atoms with Crippen molar-refractivity contribution in [3.63, 3.8) is 0 Å². The molecule has 0 aliphatic carbocycles. The van der Waals surface area contributed by atoms with Crippen molar-refractivity contribution in [2.75, 3.05) is 0 Å². The van der Waals surface area contributed by atoms with Crippen molar-refractivity contribution in [1.82, 2.24) is 5.32 Å². The summed E-state index contributed by atoms with van der Waals surface area (Å²) in [5, 5.41) is 3.08. The van der Waals surface area contributed by atoms with Crippen molar-refractivity contribution < 1.29 is 13.2 Å². The lowest BCUT2D eigenvalue weighted by atomic mass is 10.1. The average Bonchev–Trinajstić information content (AvgIpc) is 2.41. The molecule has 0 spiro atoms. The third kappa shape index (κ3) is 3.41. The Morgan fingerprint density at radius 1 is 1.05 bits per heavy atom. The Morgan fingerprint density at radius 2 is 1.70 bits per heavy atom. The van der Waals surface area contributed by atoms with Gasteiger partial charge >= 0.3 is 0 Å². The minimum absolute atomic E-state index is 0.0573. The third-order valence-corrected chi connectivity index (χ3v) is 3.78. The Kier molecular flexibility index (Phi) is 4.83. The number of benzene rings is 2. The highest BCUT2D eigenvalue weighted by Gasteiger charge is 2.12. The molecule has 1 N–H and O–H groups in total. The smallest absolute Gasteiger partial charge is 0.161 e. The van der Waals surface area contributed by atoms with Crippen LogP contribution in [0.25, 0.3) is 0 Å². The van der Waals surface area contributed by atoms with Crippen molar-refractivity contribution in [3.05, 3.63) is 69.4 Å². The van der Waals surface area contributed by atoms with Crippen LogP contribution in [0.3, 0.4) is 0 Å². The van der Waals surface area contributed by atoms with Gasteiger partial charge in [-0.15, -0.1) is 0 Å². The fourth-order valence-corrected chi connectivity index (χ4v) is 2.53. The van der Waals surface area contributed by atoms with Crippen LogP contribution in [0.5, 0.6) is 0 Å². The molecule has 2 aromatic carbocycles. The van der Waals surface area contributed by atoms with Crippen LogP contribution in [0.4, 0.5) is 13.2 Å². The van der Waals surface area contributed by atoms with Crippen molar-refractivity contribution in [2.45, 2.75) is 19.5 Å². The minimum Gasteiger partial charge on any atom is -0.306 e. The number of halogens is 4. The molecule has 5 heteroatoms. The summed E-state index contributed by atoms with van der Waals surface area (Å²) in [7, 11) is 0. The highest BCUT2D eigenvalue weighted by Crippen LogP contribution is 2.23. The van der Waals surface area contributed by atoms with Crippen LogP contribution in [0.2, 0.25) is 0 Å². The van der Waals surface area contributed by atoms with Crippen LogP contribution < -0.4 is 5.32 Å². The molecule has 2 rings (SSSR count). The summed E-state index contributed by atoms with van der Waals surface area (Å²) >= 11 is 3.44. The van der Waals surface area contributed by atoms with Crippen molar-refractivity contribution in [2.24, 2.45) is 0 Å². The van der Waals surface area contributed by atoms with E-state index < -0.39 is 17.5 Å². The van der Waals surface area contributed by atoms with E-state index in [9.17, 15) is 13.2 Å². The molecule has 0 heterocycles. The summed E-state index contributed by atoms with van der Waals surface area (Å²) in [4.78, 5) is 0. The molecule has 0 aliphatic rings. The summed E-state index contributed by atoms with van der Waals surface area (Å²) in [6.45, 7) is 2.03. The minimum atomic E-state index is -1.18. The zero-order chi connectivity index (χ0) is 14.7. The van der Waals surface area contributed by atoms with Crippen LogP contribution in [0.15, 0.2) is 40.9 Å². The van der Waals surface area contributed by atoms with Gasteiger partial charge in [-0.05, 0) is 24.6 Å². The quantitative estimate of drug-likeness (QED) is 0.792. The molecule has 0 amide bonds. The first-order valence-electron chi connectivity index (χ1n) is 6.10. The summed E-state index contributed by atoms with van der Waals surface area (Å²) in [5.74, 6) is -2.97. The standard InChI is InChI=1S/C15H13BrF3N/c1-9(11-4-2-3-5-12(11)16)20-8-10-6-14(18)15(19)7-13(10)17/h2-7,9,20H,8H2,1H3/t9-/m1/s1. The van der Waals surface area contributed by atoms with Gasteiger partial charge in [0.05, 0.1) is 0 Å². The van der Waals surface area contributed by atoms with Crippen LogP contribution >= 0.6 is 15.9 Å². The Hall–Kier alpha value is -1.33. The molecule has 1 atom stereocenters. The molecular weight excluding hydrogens is 331 g/mol. The van der Waals surface area contributed by atoms with Gasteiger partial charge in [-0.3, -0.25) is 0 Å². The molecule has 0 unspecified atom stereocenters. The van der Waals surface area contributed by atoms with Crippen LogP contribution in [-0.4, -0.2) is 0 Å². The van der Waals surface area contributed by atoms with Gasteiger partial charge in [-0.2, -0.15) is 0 Å². The van der Waals surface area contributed by atoms with Crippen LogP contribution in [0.1, 0.15) is 24.1 Å². The van der Waals surface area contributed by atoms with Gasteiger partial charge in [-0.25, -0.2) is 13.2 Å². The van der Waals surface area contributed by atoms with Gasteiger partial charge < -0.3 is 5.32 Å². The van der Waals surface area contributed by atoms with E-state index in [-0.39, 0.29) is 18.2 Å². The highest BCUT2D eigenvalue weighted by atomic mass is 79.9. The summed E-state index contributed by atoms with van der Waals surface area (Å²) in [6.07, 6.45) is 0. The van der Waals surface area contributed by atoms with E-state index in [0.29, 0.717) is 6.07 Å². The predicted molar refractivity (Wildman–Crippen MR) is 75.7 cm³/mol. The molecular formula is C15H13BrF3N. The van der Waals surface area contributed by atoms with Gasteiger partial charge in [0.2, 0.25) is 0 Å². The van der Waals surface area contributed by atoms with Crippen LogP contribution in [0, 0.1) is 17.5 Å². The van der Waals surface area contributed by atoms with E-state index in [1.807, 2.05) is 31.2 Å². The van der Waals surface area contributed by atoms with E-state index >= 15 is 0 Å². The Bertz CT molecular complexity index is 616. The first kappa shape index (κ1) is 15.1. The number of hydrogen-bond donors (Lipinski definition) is 1. The van der Waals surface area contributed by atoms with Gasteiger partial charge in [0.25, 0.3) is 0 Å². The Labute approximate surface area is 123 Å². The zero-order valence-corrected chi connectivity index (χ0v) is 12.3. The van der Waals surface area contributed by atoms with E-state index in [1.54, 1.807) is 0 Å². The second-order valence-corrected chi connectivity index (χ2v) is 5.34. The molecule has 0 aliphatic heterocycles. The number of rotatable bonds is 4. The molecule has 0 bridgehead atoms. The highest BCUT2D eigenvalue weighted by molar-refractivity contribution is 9.10. The third-order valence-electron chi connectivity index (χ3n) is 3.06. The summed E-state index contributed by atoms with van der Waals surface area (Å²) in [6, 6.07) is 9.03. The van der Waals surface area contributed by atoms with Gasteiger partial charge in [0.1, 0.15) is 5.82 Å². The van der Waals surface area contributed by atoms with Gasteiger partial charge in [0, 0.05) is 28.7 Å². The van der Waals surface area contributed by atoms with E-state index in [4.69, 9.17) is 0 Å². The maximum Gasteiger partial charge on any atom is 0.161 e. The maximum absolute atomic E-state index is 13.5. The normalized spacial score (nSPS) is 12.4. The fraction of sp³-hybridized carbons (Fsp3) is 0.200. The molecule has 0 radical (unpaired) electrons. The SMILES string of the molecule is C[C@@H](NCc1cc(F)c(F)cc1F)c1ccccc1Br. The monoisotopic (exact) mass is 343 g/mol. The molecule has 2 aromatic rings. The molecule has 0 saturated heterocycles. The maximum atomic E-state index is 13.5. The second-order valence-electron chi connectivity index (χ2n) is 4.48. The topological polar surface area (TPSA) is 12.0 Å². The van der Waals surface area contributed by atoms with Crippen molar-refractivity contribution >= 4 is 15.9 Å². The number of hydrogen-bond acceptors (Lipinski definition) is 1. The van der Waals surface area contributed by atoms with Gasteiger partial charge in [-0.1, -0.05) is 34.1 Å².